The van der Waals surface area contributed by atoms with Crippen molar-refractivity contribution in [2.45, 2.75) is 30.6 Å². The van der Waals surface area contributed by atoms with E-state index >= 15 is 0 Å². The largest absolute Gasteiger partial charge is 0.388 e. The maximum atomic E-state index is 10.8. The Bertz CT molecular complexity index is 787. The maximum Gasteiger partial charge on any atom is 0.185 e. The van der Waals surface area contributed by atoms with Crippen LogP contribution in [0.3, 0.4) is 0 Å². The summed E-state index contributed by atoms with van der Waals surface area (Å²) in [6.45, 7) is 0.00904. The van der Waals surface area contributed by atoms with Gasteiger partial charge in [0.15, 0.2) is 17.8 Å². The lowest BCUT2D eigenvalue weighted by atomic mass is 10.0. The van der Waals surface area contributed by atoms with E-state index < -0.39 is 30.6 Å². The van der Waals surface area contributed by atoms with Crippen LogP contribution < -0.4 is 5.73 Å². The number of nitrogens with zero attached hydrogens (tertiary/aromatic N) is 7. The van der Waals surface area contributed by atoms with E-state index in [0.717, 1.165) is 0 Å². The summed E-state index contributed by atoms with van der Waals surface area (Å²) in [7, 11) is 2.89. The lowest BCUT2D eigenvalue weighted by Crippen LogP contribution is -2.39. The highest BCUT2D eigenvalue weighted by molar-refractivity contribution is 5.81. The smallest absolute Gasteiger partial charge is 0.185 e. The van der Waals surface area contributed by atoms with Gasteiger partial charge in [-0.05, 0) is 5.53 Å². The molecular formula is C13H18N8O4. The SMILES string of the molecule is COC(OC)[C@@H]1O[C@@H](CN=[N+]=[N-])[C@H](n2cnc3c(N)ncnc32)[C@H]1O. The van der Waals surface area contributed by atoms with Gasteiger partial charge in [0.05, 0.1) is 25.0 Å². The van der Waals surface area contributed by atoms with Crippen LogP contribution in [0.4, 0.5) is 5.82 Å². The van der Waals surface area contributed by atoms with Gasteiger partial charge in [-0.3, -0.25) is 0 Å². The number of fused-ring (bicyclic) bond motifs is 1. The van der Waals surface area contributed by atoms with Crippen molar-refractivity contribution in [3.8, 4) is 0 Å². The minimum atomic E-state index is -1.02. The Morgan fingerprint density at radius 2 is 2.20 bits per heavy atom. The molecule has 4 atom stereocenters. The van der Waals surface area contributed by atoms with E-state index in [1.165, 1.54) is 26.9 Å². The Balaban J connectivity index is 2.03. The first-order valence-corrected chi connectivity index (χ1v) is 7.45. The van der Waals surface area contributed by atoms with Crippen LogP contribution in [-0.4, -0.2) is 70.0 Å². The summed E-state index contributed by atoms with van der Waals surface area (Å²) in [5, 5.41) is 14.4. The van der Waals surface area contributed by atoms with E-state index in [2.05, 4.69) is 25.0 Å². The first-order chi connectivity index (χ1) is 12.1. The molecule has 0 bridgehead atoms. The summed E-state index contributed by atoms with van der Waals surface area (Å²) in [5.74, 6) is 0.229. The minimum absolute atomic E-state index is 0.00904. The molecule has 3 N–H and O–H groups in total. The topological polar surface area (TPSA) is 166 Å². The molecule has 1 saturated heterocycles. The maximum absolute atomic E-state index is 10.8. The predicted molar refractivity (Wildman–Crippen MR) is 85.3 cm³/mol. The number of hydrogen-bond donors (Lipinski definition) is 2. The van der Waals surface area contributed by atoms with E-state index in [1.54, 1.807) is 4.57 Å². The fourth-order valence-corrected chi connectivity index (χ4v) is 3.07. The third-order valence-electron chi connectivity index (χ3n) is 4.17. The number of aliphatic hydroxyl groups excluding tert-OH is 1. The number of nitrogens with two attached hydrogens (primary N) is 1. The third kappa shape index (κ3) is 2.97. The van der Waals surface area contributed by atoms with Crippen molar-refractivity contribution in [1.82, 2.24) is 19.5 Å². The Kier molecular flexibility index (Phi) is 4.97. The molecule has 0 amide bonds. The second-order valence-electron chi connectivity index (χ2n) is 5.46. The van der Waals surface area contributed by atoms with Crippen molar-refractivity contribution in [2.24, 2.45) is 5.11 Å². The summed E-state index contributed by atoms with van der Waals surface area (Å²) >= 11 is 0. The molecule has 1 aliphatic heterocycles. The number of nitrogen functional groups attached to an aromatic ring is 1. The van der Waals surface area contributed by atoms with Crippen molar-refractivity contribution in [1.29, 1.82) is 0 Å². The molecule has 1 fully saturated rings. The van der Waals surface area contributed by atoms with Crippen LogP contribution in [0.5, 0.6) is 0 Å². The molecular weight excluding hydrogens is 332 g/mol. The van der Waals surface area contributed by atoms with Crippen molar-refractivity contribution >= 4 is 17.0 Å². The van der Waals surface area contributed by atoms with Crippen LogP contribution in [0.2, 0.25) is 0 Å². The highest BCUT2D eigenvalue weighted by Crippen LogP contribution is 2.36. The predicted octanol–water partition coefficient (Wildman–Crippen LogP) is 0.00710. The van der Waals surface area contributed by atoms with Crippen LogP contribution >= 0.6 is 0 Å². The Morgan fingerprint density at radius 1 is 1.44 bits per heavy atom. The Labute approximate surface area is 142 Å². The standard InChI is InChI=1S/C13H18N8O4/c1-23-13(24-2)10-9(22)8(6(25-10)3-19-20-15)21-5-18-7-11(14)16-4-17-12(7)21/h4-6,8-10,13,22H,3H2,1-2H3,(H2,14,16,17)/t6-,8-,9+,10+/m0/s1. The van der Waals surface area contributed by atoms with E-state index in [0.29, 0.717) is 11.2 Å². The fraction of sp³-hybridized carbons (Fsp3) is 0.615. The molecule has 25 heavy (non-hydrogen) atoms. The number of rotatable bonds is 6. The molecule has 0 unspecified atom stereocenters. The average molecular weight is 350 g/mol. The van der Waals surface area contributed by atoms with E-state index in [-0.39, 0.29) is 12.4 Å². The van der Waals surface area contributed by atoms with Gasteiger partial charge in [-0.2, -0.15) is 0 Å². The van der Waals surface area contributed by atoms with Gasteiger partial charge in [0, 0.05) is 19.1 Å². The molecule has 1 aliphatic rings. The first-order valence-electron chi connectivity index (χ1n) is 7.45. The zero-order chi connectivity index (χ0) is 18.0. The molecule has 0 spiro atoms. The van der Waals surface area contributed by atoms with Crippen molar-refractivity contribution in [3.63, 3.8) is 0 Å². The summed E-state index contributed by atoms with van der Waals surface area (Å²) in [5.41, 5.74) is 15.3. The third-order valence-corrected chi connectivity index (χ3v) is 4.17. The molecule has 0 saturated carbocycles. The Morgan fingerprint density at radius 3 is 2.88 bits per heavy atom. The van der Waals surface area contributed by atoms with Crippen molar-refractivity contribution < 1.29 is 19.3 Å². The number of aromatic nitrogens is 4. The molecule has 3 heterocycles. The number of hydrogen-bond acceptors (Lipinski definition) is 9. The van der Waals surface area contributed by atoms with Gasteiger partial charge in [-0.1, -0.05) is 5.11 Å². The average Bonchev–Trinajstić information content (AvgIpc) is 3.17. The lowest BCUT2D eigenvalue weighted by Gasteiger charge is -2.24. The molecule has 3 rings (SSSR count). The minimum Gasteiger partial charge on any atom is -0.388 e. The van der Waals surface area contributed by atoms with Crippen molar-refractivity contribution in [2.75, 3.05) is 26.5 Å². The summed E-state index contributed by atoms with van der Waals surface area (Å²) in [6, 6.07) is -0.623. The Hall–Kier alpha value is -2.50. The molecule has 0 radical (unpaired) electrons. The van der Waals surface area contributed by atoms with Crippen LogP contribution in [0.25, 0.3) is 21.6 Å². The molecule has 12 heteroatoms. The first kappa shape index (κ1) is 17.3. The summed E-state index contributed by atoms with van der Waals surface area (Å²) < 4.78 is 17.9. The normalized spacial score (nSPS) is 26.2. The van der Waals surface area contributed by atoms with Gasteiger partial charge in [0.2, 0.25) is 0 Å². The number of aliphatic hydroxyl groups is 1. The fourth-order valence-electron chi connectivity index (χ4n) is 3.07. The highest BCUT2D eigenvalue weighted by Gasteiger charge is 2.48. The second-order valence-corrected chi connectivity index (χ2v) is 5.46. The monoisotopic (exact) mass is 350 g/mol. The van der Waals surface area contributed by atoms with E-state index in [1.807, 2.05) is 0 Å². The summed E-state index contributed by atoms with van der Waals surface area (Å²) in [4.78, 5) is 15.0. The van der Waals surface area contributed by atoms with Gasteiger partial charge >= 0.3 is 0 Å². The molecule has 12 nitrogen and oxygen atoms in total. The second kappa shape index (κ2) is 7.17. The number of azide groups is 1. The number of anilines is 1. The van der Waals surface area contributed by atoms with Crippen LogP contribution in [0, 0.1) is 0 Å². The molecule has 2 aromatic heterocycles. The summed E-state index contributed by atoms with van der Waals surface area (Å²) in [6.07, 6.45) is -0.411. The van der Waals surface area contributed by atoms with Gasteiger partial charge in [-0.15, -0.1) is 0 Å². The van der Waals surface area contributed by atoms with E-state index in [4.69, 9.17) is 25.5 Å². The quantitative estimate of drug-likeness (QED) is 0.318. The van der Waals surface area contributed by atoms with E-state index in [9.17, 15) is 5.11 Å². The van der Waals surface area contributed by atoms with Gasteiger partial charge in [-0.25, -0.2) is 15.0 Å². The number of ether oxygens (including phenoxy) is 3. The number of methoxy groups -OCH3 is 2. The highest BCUT2D eigenvalue weighted by atomic mass is 16.7. The molecule has 0 aliphatic carbocycles. The van der Waals surface area contributed by atoms with Crippen LogP contribution in [0.15, 0.2) is 17.8 Å². The van der Waals surface area contributed by atoms with Crippen LogP contribution in [-0.2, 0) is 14.2 Å². The zero-order valence-electron chi connectivity index (χ0n) is 13.6. The molecule has 2 aromatic rings. The van der Waals surface area contributed by atoms with Gasteiger partial charge in [0.25, 0.3) is 0 Å². The lowest BCUT2D eigenvalue weighted by molar-refractivity contribution is -0.191. The molecule has 0 aromatic carbocycles. The zero-order valence-corrected chi connectivity index (χ0v) is 13.6. The van der Waals surface area contributed by atoms with Gasteiger partial charge < -0.3 is 29.6 Å². The number of imidazole rings is 1. The van der Waals surface area contributed by atoms with Gasteiger partial charge in [0.1, 0.15) is 24.1 Å². The van der Waals surface area contributed by atoms with Crippen LogP contribution in [0.1, 0.15) is 6.04 Å². The van der Waals surface area contributed by atoms with Crippen molar-refractivity contribution in [3.05, 3.63) is 23.1 Å². The molecule has 134 valence electrons.